The molecule has 0 saturated carbocycles. The second-order valence-electron chi connectivity index (χ2n) is 5.52. The van der Waals surface area contributed by atoms with E-state index < -0.39 is 0 Å². The van der Waals surface area contributed by atoms with Gasteiger partial charge in [-0.15, -0.1) is 0 Å². The van der Waals surface area contributed by atoms with E-state index in [0.29, 0.717) is 5.69 Å². The van der Waals surface area contributed by atoms with Crippen molar-refractivity contribution in [2.45, 2.75) is 0 Å². The first-order valence-electron chi connectivity index (χ1n) is 7.64. The minimum atomic E-state index is -0.278. The van der Waals surface area contributed by atoms with Crippen molar-refractivity contribution in [3.05, 3.63) is 72.5 Å². The van der Waals surface area contributed by atoms with Crippen LogP contribution in [0.15, 0.2) is 66.7 Å². The van der Waals surface area contributed by atoms with Gasteiger partial charge in [-0.1, -0.05) is 24.3 Å². The Morgan fingerprint density at radius 3 is 2.54 bits per heavy atom. The Morgan fingerprint density at radius 2 is 1.71 bits per heavy atom. The topological polar surface area (TPSA) is 34.1 Å². The van der Waals surface area contributed by atoms with Gasteiger partial charge in [0.15, 0.2) is 0 Å². The van der Waals surface area contributed by atoms with Crippen molar-refractivity contribution in [1.82, 2.24) is 4.98 Å². The summed E-state index contributed by atoms with van der Waals surface area (Å²) in [6.45, 7) is 0. The molecule has 0 amide bonds. The third-order valence-electron chi connectivity index (χ3n) is 3.98. The zero-order valence-electron chi connectivity index (χ0n) is 13.1. The summed E-state index contributed by atoms with van der Waals surface area (Å²) in [5.74, 6) is 0.474. The highest BCUT2D eigenvalue weighted by molar-refractivity contribution is 6.09. The SMILES string of the molecule is COc1ccc2nc3ccccc3c(Nc3cccc(F)c3)c2c1. The molecule has 0 unspecified atom stereocenters. The fourth-order valence-corrected chi connectivity index (χ4v) is 2.84. The Kier molecular flexibility index (Phi) is 3.50. The number of halogens is 1. The molecule has 4 aromatic rings. The maximum Gasteiger partial charge on any atom is 0.125 e. The number of fused-ring (bicyclic) bond motifs is 2. The lowest BCUT2D eigenvalue weighted by atomic mass is 10.1. The molecule has 4 heteroatoms. The normalized spacial score (nSPS) is 10.9. The summed E-state index contributed by atoms with van der Waals surface area (Å²) >= 11 is 0. The highest BCUT2D eigenvalue weighted by atomic mass is 19.1. The van der Waals surface area contributed by atoms with Crippen molar-refractivity contribution in [1.29, 1.82) is 0 Å². The van der Waals surface area contributed by atoms with E-state index in [0.717, 1.165) is 33.2 Å². The molecule has 0 radical (unpaired) electrons. The van der Waals surface area contributed by atoms with Crippen LogP contribution in [0, 0.1) is 5.82 Å². The van der Waals surface area contributed by atoms with Gasteiger partial charge in [0.2, 0.25) is 0 Å². The van der Waals surface area contributed by atoms with Crippen LogP contribution in [0.1, 0.15) is 0 Å². The number of nitrogens with zero attached hydrogens (tertiary/aromatic N) is 1. The van der Waals surface area contributed by atoms with Crippen LogP contribution >= 0.6 is 0 Å². The number of hydrogen-bond acceptors (Lipinski definition) is 3. The molecule has 0 spiro atoms. The Hall–Kier alpha value is -3.14. The Balaban J connectivity index is 2.00. The van der Waals surface area contributed by atoms with Gasteiger partial charge in [0, 0.05) is 16.5 Å². The first-order chi connectivity index (χ1) is 11.7. The summed E-state index contributed by atoms with van der Waals surface area (Å²) < 4.78 is 18.9. The van der Waals surface area contributed by atoms with Gasteiger partial charge >= 0.3 is 0 Å². The summed E-state index contributed by atoms with van der Waals surface area (Å²) in [6.07, 6.45) is 0. The van der Waals surface area contributed by atoms with E-state index in [9.17, 15) is 4.39 Å². The molecule has 0 aliphatic heterocycles. The van der Waals surface area contributed by atoms with Gasteiger partial charge in [-0.3, -0.25) is 0 Å². The molecule has 1 aromatic heterocycles. The second kappa shape index (κ2) is 5.81. The Morgan fingerprint density at radius 1 is 0.875 bits per heavy atom. The van der Waals surface area contributed by atoms with Crippen molar-refractivity contribution < 1.29 is 9.13 Å². The van der Waals surface area contributed by atoms with Gasteiger partial charge in [0.25, 0.3) is 0 Å². The van der Waals surface area contributed by atoms with E-state index in [1.54, 1.807) is 13.2 Å². The third kappa shape index (κ3) is 2.52. The maximum atomic E-state index is 13.5. The van der Waals surface area contributed by atoms with Crippen LogP contribution in [0.5, 0.6) is 5.75 Å². The minimum Gasteiger partial charge on any atom is -0.497 e. The average molecular weight is 318 g/mol. The quantitative estimate of drug-likeness (QED) is 0.522. The van der Waals surface area contributed by atoms with Crippen LogP contribution in [0.2, 0.25) is 0 Å². The fraction of sp³-hybridized carbons (Fsp3) is 0.0500. The Labute approximate surface area is 138 Å². The molecule has 0 saturated heterocycles. The lowest BCUT2D eigenvalue weighted by Gasteiger charge is -2.14. The van der Waals surface area contributed by atoms with E-state index >= 15 is 0 Å². The lowest BCUT2D eigenvalue weighted by molar-refractivity contribution is 0.415. The van der Waals surface area contributed by atoms with Gasteiger partial charge in [-0.2, -0.15) is 0 Å². The van der Waals surface area contributed by atoms with Gasteiger partial charge in [0.05, 0.1) is 23.8 Å². The van der Waals surface area contributed by atoms with Crippen molar-refractivity contribution in [3.8, 4) is 5.75 Å². The molecule has 0 aliphatic carbocycles. The van der Waals surface area contributed by atoms with Crippen molar-refractivity contribution in [2.75, 3.05) is 12.4 Å². The predicted molar refractivity (Wildman–Crippen MR) is 95.5 cm³/mol. The number of para-hydroxylation sites is 1. The molecule has 3 nitrogen and oxygen atoms in total. The van der Waals surface area contributed by atoms with E-state index in [1.165, 1.54) is 12.1 Å². The molecule has 0 aliphatic rings. The highest BCUT2D eigenvalue weighted by Gasteiger charge is 2.10. The number of ether oxygens (including phenoxy) is 1. The molecule has 3 aromatic carbocycles. The van der Waals surface area contributed by atoms with Crippen molar-refractivity contribution in [2.24, 2.45) is 0 Å². The molecule has 24 heavy (non-hydrogen) atoms. The van der Waals surface area contributed by atoms with E-state index in [-0.39, 0.29) is 5.82 Å². The van der Waals surface area contributed by atoms with Gasteiger partial charge in [0.1, 0.15) is 11.6 Å². The van der Waals surface area contributed by atoms with Crippen LogP contribution in [-0.2, 0) is 0 Å². The molecular formula is C20H15FN2O. The zero-order chi connectivity index (χ0) is 16.5. The molecule has 0 atom stereocenters. The number of benzene rings is 3. The second-order valence-corrected chi connectivity index (χ2v) is 5.52. The first-order valence-corrected chi connectivity index (χ1v) is 7.64. The number of aromatic nitrogens is 1. The number of hydrogen-bond donors (Lipinski definition) is 1. The van der Waals surface area contributed by atoms with Crippen LogP contribution < -0.4 is 10.1 Å². The number of nitrogens with one attached hydrogen (secondary N) is 1. The van der Waals surface area contributed by atoms with E-state index in [1.807, 2.05) is 48.5 Å². The summed E-state index contributed by atoms with van der Waals surface area (Å²) in [6, 6.07) is 20.1. The molecule has 1 heterocycles. The van der Waals surface area contributed by atoms with Crippen LogP contribution in [-0.4, -0.2) is 12.1 Å². The third-order valence-corrected chi connectivity index (χ3v) is 3.98. The zero-order valence-corrected chi connectivity index (χ0v) is 13.1. The number of rotatable bonds is 3. The van der Waals surface area contributed by atoms with Gasteiger partial charge in [-0.25, -0.2) is 9.37 Å². The van der Waals surface area contributed by atoms with E-state index in [2.05, 4.69) is 5.32 Å². The number of methoxy groups -OCH3 is 1. The molecule has 0 fully saturated rings. The number of anilines is 2. The van der Waals surface area contributed by atoms with Gasteiger partial charge < -0.3 is 10.1 Å². The average Bonchev–Trinajstić information content (AvgIpc) is 2.61. The molecule has 118 valence electrons. The summed E-state index contributed by atoms with van der Waals surface area (Å²) in [7, 11) is 1.63. The first kappa shape index (κ1) is 14.5. The van der Waals surface area contributed by atoms with Crippen LogP contribution in [0.25, 0.3) is 21.8 Å². The molecular weight excluding hydrogens is 303 g/mol. The van der Waals surface area contributed by atoms with Crippen molar-refractivity contribution in [3.63, 3.8) is 0 Å². The monoisotopic (exact) mass is 318 g/mol. The summed E-state index contributed by atoms with van der Waals surface area (Å²) in [4.78, 5) is 4.70. The lowest BCUT2D eigenvalue weighted by Crippen LogP contribution is -1.96. The minimum absolute atomic E-state index is 0.278. The summed E-state index contributed by atoms with van der Waals surface area (Å²) in [5.41, 5.74) is 3.32. The maximum absolute atomic E-state index is 13.5. The largest absolute Gasteiger partial charge is 0.497 e. The van der Waals surface area contributed by atoms with Crippen molar-refractivity contribution >= 4 is 33.2 Å². The van der Waals surface area contributed by atoms with Gasteiger partial charge in [-0.05, 0) is 42.5 Å². The highest BCUT2D eigenvalue weighted by Crippen LogP contribution is 2.34. The van der Waals surface area contributed by atoms with Crippen LogP contribution in [0.4, 0.5) is 15.8 Å². The molecule has 0 bridgehead atoms. The van der Waals surface area contributed by atoms with E-state index in [4.69, 9.17) is 9.72 Å². The smallest absolute Gasteiger partial charge is 0.125 e. The molecule has 1 N–H and O–H groups in total. The van der Waals surface area contributed by atoms with Crippen LogP contribution in [0.3, 0.4) is 0 Å². The standard InChI is InChI=1S/C20H15FN2O/c1-24-15-9-10-19-17(12-15)20(16-7-2-3-8-18(16)23-19)22-14-6-4-5-13(21)11-14/h2-12H,1H3,(H,22,23). The molecule has 4 rings (SSSR count). The Bertz CT molecular complexity index is 1050. The predicted octanol–water partition coefficient (Wildman–Crippen LogP) is 5.28. The summed E-state index contributed by atoms with van der Waals surface area (Å²) in [5, 5.41) is 5.25. The fourth-order valence-electron chi connectivity index (χ4n) is 2.84. The number of pyridine rings is 1.